The fraction of sp³-hybridized carbons (Fsp3) is 0.182. The van der Waals surface area contributed by atoms with E-state index in [1.165, 1.54) is 0 Å². The maximum Gasteiger partial charge on any atom is 0.205 e. The number of halogens is 1. The minimum atomic E-state index is -0.165. The van der Waals surface area contributed by atoms with Crippen LogP contribution in [0.4, 0.5) is 0 Å². The number of hydrogen-bond donors (Lipinski definition) is 2. The van der Waals surface area contributed by atoms with Crippen molar-refractivity contribution in [2.45, 2.75) is 26.5 Å². The molecule has 0 aliphatic heterocycles. The molecule has 0 spiro atoms. The molecular weight excluding hydrogens is 400 g/mol. The van der Waals surface area contributed by atoms with Crippen LogP contribution in [-0.2, 0) is 13.2 Å². The van der Waals surface area contributed by atoms with Crippen molar-refractivity contribution in [3.8, 4) is 22.5 Å². The van der Waals surface area contributed by atoms with E-state index in [2.05, 4.69) is 56.8 Å². The lowest BCUT2D eigenvalue weighted by molar-refractivity contribution is 0.271. The van der Waals surface area contributed by atoms with Gasteiger partial charge in [-0.1, -0.05) is 73.1 Å². The number of nitrogens with zero attached hydrogens (tertiary/aromatic N) is 5. The van der Waals surface area contributed by atoms with Crippen LogP contribution in [0.5, 0.6) is 0 Å². The second-order valence-corrected chi connectivity index (χ2v) is 7.10. The van der Waals surface area contributed by atoms with Gasteiger partial charge in [0.1, 0.15) is 5.82 Å². The van der Waals surface area contributed by atoms with Gasteiger partial charge in [0.2, 0.25) is 5.82 Å². The van der Waals surface area contributed by atoms with Crippen LogP contribution in [0.2, 0.25) is 5.15 Å². The Bertz CT molecular complexity index is 1150. The van der Waals surface area contributed by atoms with E-state index in [4.69, 9.17) is 11.6 Å². The molecule has 0 amide bonds. The number of aliphatic hydroxyl groups is 1. The summed E-state index contributed by atoms with van der Waals surface area (Å²) >= 11 is 6.22. The summed E-state index contributed by atoms with van der Waals surface area (Å²) in [5.74, 6) is 1.29. The Balaban J connectivity index is 1.65. The SMILES string of the molecule is CC/C=C\c1nc(Cl)c(CO)n1Cc1ccc(-c2ccccc2-c2nn[nH]n2)cc1. The molecule has 2 heterocycles. The number of tetrazole rings is 1. The maximum atomic E-state index is 9.74. The predicted molar refractivity (Wildman–Crippen MR) is 117 cm³/mol. The van der Waals surface area contributed by atoms with E-state index in [0.29, 0.717) is 23.2 Å². The second-order valence-electron chi connectivity index (χ2n) is 6.74. The van der Waals surface area contributed by atoms with Gasteiger partial charge in [0, 0.05) is 12.1 Å². The van der Waals surface area contributed by atoms with Crippen molar-refractivity contribution in [2.24, 2.45) is 0 Å². The number of imidazole rings is 1. The number of rotatable bonds is 7. The van der Waals surface area contributed by atoms with Gasteiger partial charge in [-0.15, -0.1) is 10.2 Å². The van der Waals surface area contributed by atoms with Crippen LogP contribution in [-0.4, -0.2) is 35.3 Å². The molecule has 0 radical (unpaired) electrons. The van der Waals surface area contributed by atoms with Crippen LogP contribution in [0.25, 0.3) is 28.6 Å². The molecular formula is C22H21ClN6O. The molecule has 7 nitrogen and oxygen atoms in total. The molecule has 152 valence electrons. The molecule has 2 aromatic carbocycles. The third-order valence-corrected chi connectivity index (χ3v) is 5.13. The molecule has 30 heavy (non-hydrogen) atoms. The van der Waals surface area contributed by atoms with Crippen LogP contribution in [0.1, 0.15) is 30.4 Å². The molecule has 4 rings (SSSR count). The van der Waals surface area contributed by atoms with E-state index in [-0.39, 0.29) is 6.61 Å². The summed E-state index contributed by atoms with van der Waals surface area (Å²) in [5, 5.41) is 24.4. The van der Waals surface area contributed by atoms with Crippen LogP contribution in [0.3, 0.4) is 0 Å². The normalized spacial score (nSPS) is 11.4. The van der Waals surface area contributed by atoms with E-state index < -0.39 is 0 Å². The molecule has 4 aromatic rings. The summed E-state index contributed by atoms with van der Waals surface area (Å²) in [6.45, 7) is 2.46. The van der Waals surface area contributed by atoms with E-state index in [1.807, 2.05) is 41.0 Å². The van der Waals surface area contributed by atoms with Crippen molar-refractivity contribution in [2.75, 3.05) is 0 Å². The third-order valence-electron chi connectivity index (χ3n) is 4.82. The van der Waals surface area contributed by atoms with Gasteiger partial charge < -0.3 is 9.67 Å². The Hall–Kier alpha value is -3.29. The molecule has 0 saturated heterocycles. The van der Waals surface area contributed by atoms with Crippen LogP contribution in [0.15, 0.2) is 54.6 Å². The average Bonchev–Trinajstić information content (AvgIpc) is 3.41. The Morgan fingerprint density at radius 3 is 2.53 bits per heavy atom. The minimum absolute atomic E-state index is 0.165. The molecule has 2 aromatic heterocycles. The molecule has 0 aliphatic rings. The van der Waals surface area contributed by atoms with Crippen LogP contribution in [0, 0.1) is 0 Å². The molecule has 0 aliphatic carbocycles. The first-order valence-corrected chi connectivity index (χ1v) is 10.0. The summed E-state index contributed by atoms with van der Waals surface area (Å²) < 4.78 is 1.94. The van der Waals surface area contributed by atoms with Crippen molar-refractivity contribution in [3.63, 3.8) is 0 Å². The zero-order valence-corrected chi connectivity index (χ0v) is 17.2. The van der Waals surface area contributed by atoms with Crippen molar-refractivity contribution in [1.82, 2.24) is 30.2 Å². The summed E-state index contributed by atoms with van der Waals surface area (Å²) in [7, 11) is 0. The third kappa shape index (κ3) is 4.03. The molecule has 0 fully saturated rings. The molecule has 2 N–H and O–H groups in total. The zero-order valence-electron chi connectivity index (χ0n) is 16.5. The van der Waals surface area contributed by atoms with Crippen molar-refractivity contribution in [3.05, 3.63) is 76.8 Å². The summed E-state index contributed by atoms with van der Waals surface area (Å²) in [6.07, 6.45) is 4.85. The van der Waals surface area contributed by atoms with Gasteiger partial charge in [-0.2, -0.15) is 5.21 Å². The van der Waals surface area contributed by atoms with Gasteiger partial charge in [-0.25, -0.2) is 4.98 Å². The first-order valence-electron chi connectivity index (χ1n) is 9.65. The number of aromatic amines is 1. The number of H-pyrrole nitrogens is 1. The van der Waals surface area contributed by atoms with E-state index >= 15 is 0 Å². The fourth-order valence-electron chi connectivity index (χ4n) is 3.33. The molecule has 0 saturated carbocycles. The quantitative estimate of drug-likeness (QED) is 0.463. The van der Waals surface area contributed by atoms with Gasteiger partial charge in [0.25, 0.3) is 0 Å². The highest BCUT2D eigenvalue weighted by Gasteiger charge is 2.14. The highest BCUT2D eigenvalue weighted by Crippen LogP contribution is 2.30. The van der Waals surface area contributed by atoms with E-state index in [1.54, 1.807) is 0 Å². The molecule has 0 unspecified atom stereocenters. The largest absolute Gasteiger partial charge is 0.390 e. The van der Waals surface area contributed by atoms with Crippen LogP contribution < -0.4 is 0 Å². The highest BCUT2D eigenvalue weighted by molar-refractivity contribution is 6.30. The Labute approximate surface area is 179 Å². The van der Waals surface area contributed by atoms with Gasteiger partial charge in [-0.05, 0) is 34.4 Å². The number of aromatic nitrogens is 6. The summed E-state index contributed by atoms with van der Waals surface area (Å²) in [5.41, 5.74) is 4.68. The lowest BCUT2D eigenvalue weighted by Gasteiger charge is -2.11. The number of allylic oxidation sites excluding steroid dienone is 1. The Morgan fingerprint density at radius 1 is 1.10 bits per heavy atom. The Kier molecular flexibility index (Phi) is 6.02. The maximum absolute atomic E-state index is 9.74. The van der Waals surface area contributed by atoms with Crippen LogP contribution >= 0.6 is 11.6 Å². The monoisotopic (exact) mass is 420 g/mol. The van der Waals surface area contributed by atoms with Crippen molar-refractivity contribution in [1.29, 1.82) is 0 Å². The first kappa shape index (κ1) is 20.0. The van der Waals surface area contributed by atoms with Crippen molar-refractivity contribution < 1.29 is 5.11 Å². The summed E-state index contributed by atoms with van der Waals surface area (Å²) in [4.78, 5) is 4.38. The lowest BCUT2D eigenvalue weighted by atomic mass is 9.98. The molecule has 0 bridgehead atoms. The van der Waals surface area contributed by atoms with Gasteiger partial charge in [0.15, 0.2) is 5.15 Å². The summed E-state index contributed by atoms with van der Waals surface area (Å²) in [6, 6.07) is 16.2. The van der Waals surface area contributed by atoms with E-state index in [0.717, 1.165) is 34.5 Å². The van der Waals surface area contributed by atoms with Gasteiger partial charge in [-0.3, -0.25) is 0 Å². The molecule has 0 atom stereocenters. The van der Waals surface area contributed by atoms with Gasteiger partial charge >= 0.3 is 0 Å². The van der Waals surface area contributed by atoms with Gasteiger partial charge in [0.05, 0.1) is 12.3 Å². The number of benzene rings is 2. The van der Waals surface area contributed by atoms with E-state index in [9.17, 15) is 5.11 Å². The zero-order chi connectivity index (χ0) is 20.9. The number of nitrogens with one attached hydrogen (secondary N) is 1. The Morgan fingerprint density at radius 2 is 1.87 bits per heavy atom. The lowest BCUT2D eigenvalue weighted by Crippen LogP contribution is -2.06. The number of hydrogen-bond acceptors (Lipinski definition) is 5. The fourth-order valence-corrected chi connectivity index (χ4v) is 3.58. The predicted octanol–water partition coefficient (Wildman–Crippen LogP) is 4.35. The highest BCUT2D eigenvalue weighted by atomic mass is 35.5. The first-order chi connectivity index (χ1) is 14.7. The smallest absolute Gasteiger partial charge is 0.205 e. The topological polar surface area (TPSA) is 92.5 Å². The standard InChI is InChI=1S/C22H21ClN6O/c1-2-3-8-20-24-21(23)19(14-30)29(20)13-15-9-11-16(12-10-15)17-6-4-5-7-18(17)22-25-27-28-26-22/h3-12,30H,2,13-14H2,1H3,(H,25,26,27,28)/b8-3-. The van der Waals surface area contributed by atoms with Crippen molar-refractivity contribution >= 4 is 17.7 Å². The minimum Gasteiger partial charge on any atom is -0.390 e. The molecule has 8 heteroatoms. The second kappa shape index (κ2) is 9.02. The average molecular weight is 421 g/mol. The number of aliphatic hydroxyl groups excluding tert-OH is 1.